The molecule has 3 rings (SSSR count). The lowest BCUT2D eigenvalue weighted by molar-refractivity contribution is 0.0730. The molecule has 0 fully saturated rings. The predicted molar refractivity (Wildman–Crippen MR) is 115 cm³/mol. The van der Waals surface area contributed by atoms with E-state index >= 15 is 0 Å². The van der Waals surface area contributed by atoms with Gasteiger partial charge in [-0.2, -0.15) is 0 Å². The zero-order valence-electron chi connectivity index (χ0n) is 17.7. The fourth-order valence-corrected chi connectivity index (χ4v) is 2.83. The molecule has 0 atom stereocenters. The predicted octanol–water partition coefficient (Wildman–Crippen LogP) is 4.62. The molecule has 31 heavy (non-hydrogen) atoms. The number of anilines is 1. The molecule has 8 nitrogen and oxygen atoms in total. The van der Waals surface area contributed by atoms with Gasteiger partial charge in [-0.15, -0.1) is 0 Å². The maximum absolute atomic E-state index is 12.8. The van der Waals surface area contributed by atoms with Gasteiger partial charge < -0.3 is 24.6 Å². The molecule has 1 aromatic heterocycles. The topological polar surface area (TPSA) is 103 Å². The lowest BCUT2D eigenvalue weighted by Gasteiger charge is -2.12. The second-order valence-electron chi connectivity index (χ2n) is 6.89. The van der Waals surface area contributed by atoms with E-state index in [1.165, 1.54) is 0 Å². The normalized spacial score (nSPS) is 10.4. The quantitative estimate of drug-likeness (QED) is 0.405. The van der Waals surface area contributed by atoms with Crippen LogP contribution in [0.3, 0.4) is 0 Å². The van der Waals surface area contributed by atoms with E-state index in [0.29, 0.717) is 29.5 Å². The van der Waals surface area contributed by atoms with Crippen LogP contribution in [0.15, 0.2) is 53.1 Å². The first kappa shape index (κ1) is 21.9. The molecule has 3 aromatic rings. The first-order chi connectivity index (χ1) is 15.0. The van der Waals surface area contributed by atoms with Gasteiger partial charge in [-0.05, 0) is 44.5 Å². The molecule has 2 N–H and O–H groups in total. The fourth-order valence-electron chi connectivity index (χ4n) is 2.83. The lowest BCUT2D eigenvalue weighted by atomic mass is 10.2. The summed E-state index contributed by atoms with van der Waals surface area (Å²) >= 11 is 0. The zero-order valence-corrected chi connectivity index (χ0v) is 17.7. The maximum Gasteiger partial charge on any atom is 0.347 e. The van der Waals surface area contributed by atoms with Gasteiger partial charge in [0.05, 0.1) is 11.3 Å². The Bertz CT molecular complexity index is 1040. The fraction of sp³-hybridized carbons (Fsp3) is 0.261. The minimum absolute atomic E-state index is 0.220. The standard InChI is InChI=1S/C23H25N3O5/c1-4-12-24-23(28)25-17-8-7-9-18(13-17)30-22(27)19-10-5-6-11-21(19)29-14-20-15(2)26-31-16(20)3/h5-11,13H,4,12,14H2,1-3H3,(H2,24,25,28). The Morgan fingerprint density at radius 2 is 1.90 bits per heavy atom. The highest BCUT2D eigenvalue weighted by atomic mass is 16.5. The van der Waals surface area contributed by atoms with Gasteiger partial charge in [-0.3, -0.25) is 0 Å². The van der Waals surface area contributed by atoms with E-state index in [4.69, 9.17) is 14.0 Å². The van der Waals surface area contributed by atoms with Crippen LogP contribution in [0.1, 0.15) is 40.7 Å². The molecule has 0 radical (unpaired) electrons. The number of para-hydroxylation sites is 1. The van der Waals surface area contributed by atoms with Crippen LogP contribution in [0.2, 0.25) is 0 Å². The monoisotopic (exact) mass is 423 g/mol. The van der Waals surface area contributed by atoms with Crippen molar-refractivity contribution in [2.75, 3.05) is 11.9 Å². The molecule has 8 heteroatoms. The molecule has 0 aliphatic carbocycles. The highest BCUT2D eigenvalue weighted by molar-refractivity contribution is 5.94. The largest absolute Gasteiger partial charge is 0.488 e. The summed E-state index contributed by atoms with van der Waals surface area (Å²) in [4.78, 5) is 24.6. The molecular formula is C23H25N3O5. The van der Waals surface area contributed by atoms with E-state index < -0.39 is 5.97 Å². The van der Waals surface area contributed by atoms with Crippen molar-refractivity contribution in [2.24, 2.45) is 0 Å². The molecular weight excluding hydrogens is 398 g/mol. The van der Waals surface area contributed by atoms with Crippen molar-refractivity contribution in [2.45, 2.75) is 33.8 Å². The number of nitrogens with one attached hydrogen (secondary N) is 2. The molecule has 0 saturated heterocycles. The van der Waals surface area contributed by atoms with E-state index in [1.54, 1.807) is 48.5 Å². The van der Waals surface area contributed by atoms with Gasteiger partial charge in [0.15, 0.2) is 0 Å². The molecule has 1 heterocycles. The van der Waals surface area contributed by atoms with E-state index in [2.05, 4.69) is 15.8 Å². The third-order valence-electron chi connectivity index (χ3n) is 4.50. The summed E-state index contributed by atoms with van der Waals surface area (Å²) in [5.41, 5.74) is 2.38. The molecule has 162 valence electrons. The number of amides is 2. The zero-order chi connectivity index (χ0) is 22.2. The molecule has 0 unspecified atom stereocenters. The molecule has 2 amide bonds. The first-order valence-electron chi connectivity index (χ1n) is 9.98. The van der Waals surface area contributed by atoms with Crippen molar-refractivity contribution in [3.05, 3.63) is 71.1 Å². The number of esters is 1. The third-order valence-corrected chi connectivity index (χ3v) is 4.50. The van der Waals surface area contributed by atoms with Crippen molar-refractivity contribution in [3.8, 4) is 11.5 Å². The van der Waals surface area contributed by atoms with Crippen molar-refractivity contribution < 1.29 is 23.6 Å². The van der Waals surface area contributed by atoms with Gasteiger partial charge >= 0.3 is 12.0 Å². The van der Waals surface area contributed by atoms with Crippen LogP contribution >= 0.6 is 0 Å². The van der Waals surface area contributed by atoms with Gasteiger partial charge in [-0.1, -0.05) is 30.3 Å². The number of aromatic nitrogens is 1. The third kappa shape index (κ3) is 5.85. The van der Waals surface area contributed by atoms with E-state index in [1.807, 2.05) is 20.8 Å². The summed E-state index contributed by atoms with van der Waals surface area (Å²) in [6, 6.07) is 13.1. The smallest absolute Gasteiger partial charge is 0.347 e. The Balaban J connectivity index is 1.68. The van der Waals surface area contributed by atoms with Crippen LogP contribution in [-0.4, -0.2) is 23.7 Å². The number of benzene rings is 2. The van der Waals surface area contributed by atoms with Crippen LogP contribution < -0.4 is 20.1 Å². The summed E-state index contributed by atoms with van der Waals surface area (Å²) in [7, 11) is 0. The second-order valence-corrected chi connectivity index (χ2v) is 6.89. The molecule has 2 aromatic carbocycles. The summed E-state index contributed by atoms with van der Waals surface area (Å²) in [5.74, 6) is 0.798. The Kier molecular flexibility index (Phi) is 7.26. The van der Waals surface area contributed by atoms with Crippen LogP contribution in [-0.2, 0) is 6.61 Å². The highest BCUT2D eigenvalue weighted by Gasteiger charge is 2.17. The number of carbonyl (C=O) groups excluding carboxylic acids is 2. The molecule has 0 aliphatic rings. The van der Waals surface area contributed by atoms with Gasteiger partial charge in [0.25, 0.3) is 0 Å². The Morgan fingerprint density at radius 3 is 2.65 bits per heavy atom. The minimum atomic E-state index is -0.568. The summed E-state index contributed by atoms with van der Waals surface area (Å²) < 4.78 is 16.5. The number of urea groups is 1. The average molecular weight is 423 g/mol. The molecule has 0 aliphatic heterocycles. The minimum Gasteiger partial charge on any atom is -0.488 e. The van der Waals surface area contributed by atoms with Crippen molar-refractivity contribution in [1.82, 2.24) is 10.5 Å². The Labute approximate surface area is 180 Å². The van der Waals surface area contributed by atoms with Crippen molar-refractivity contribution in [3.63, 3.8) is 0 Å². The van der Waals surface area contributed by atoms with Crippen LogP contribution in [0, 0.1) is 13.8 Å². The molecule has 0 spiro atoms. The average Bonchev–Trinajstić information content (AvgIpc) is 3.08. The molecule has 0 bridgehead atoms. The van der Waals surface area contributed by atoms with Crippen LogP contribution in [0.4, 0.5) is 10.5 Å². The Morgan fingerprint density at radius 1 is 1.10 bits per heavy atom. The SMILES string of the molecule is CCCNC(=O)Nc1cccc(OC(=O)c2ccccc2OCc2c(C)noc2C)c1. The maximum atomic E-state index is 12.8. The number of ether oxygens (including phenoxy) is 2. The number of hydrogen-bond acceptors (Lipinski definition) is 6. The molecule has 0 saturated carbocycles. The Hall–Kier alpha value is -3.81. The second kappa shape index (κ2) is 10.3. The van der Waals surface area contributed by atoms with E-state index in [-0.39, 0.29) is 18.2 Å². The van der Waals surface area contributed by atoms with Gasteiger partial charge in [0, 0.05) is 18.3 Å². The number of hydrogen-bond donors (Lipinski definition) is 2. The number of carbonyl (C=O) groups is 2. The summed E-state index contributed by atoms with van der Waals surface area (Å²) in [6.07, 6.45) is 0.836. The van der Waals surface area contributed by atoms with Gasteiger partial charge in [-0.25, -0.2) is 9.59 Å². The van der Waals surface area contributed by atoms with Crippen LogP contribution in [0.25, 0.3) is 0 Å². The number of rotatable bonds is 8. The summed E-state index contributed by atoms with van der Waals surface area (Å²) in [5, 5.41) is 9.34. The summed E-state index contributed by atoms with van der Waals surface area (Å²) in [6.45, 7) is 6.40. The van der Waals surface area contributed by atoms with Crippen molar-refractivity contribution >= 4 is 17.7 Å². The van der Waals surface area contributed by atoms with E-state index in [9.17, 15) is 9.59 Å². The van der Waals surface area contributed by atoms with Gasteiger partial charge in [0.2, 0.25) is 0 Å². The van der Waals surface area contributed by atoms with E-state index in [0.717, 1.165) is 17.7 Å². The number of nitrogens with zero attached hydrogens (tertiary/aromatic N) is 1. The highest BCUT2D eigenvalue weighted by Crippen LogP contribution is 2.24. The number of aryl methyl sites for hydroxylation is 2. The van der Waals surface area contributed by atoms with Crippen LogP contribution in [0.5, 0.6) is 11.5 Å². The van der Waals surface area contributed by atoms with Crippen molar-refractivity contribution in [1.29, 1.82) is 0 Å². The lowest BCUT2D eigenvalue weighted by Crippen LogP contribution is -2.29. The van der Waals surface area contributed by atoms with Gasteiger partial charge in [0.1, 0.15) is 29.4 Å². The first-order valence-corrected chi connectivity index (χ1v) is 9.98.